The van der Waals surface area contributed by atoms with Gasteiger partial charge in [-0.3, -0.25) is 0 Å². The van der Waals surface area contributed by atoms with Gasteiger partial charge in [-0.15, -0.1) is 11.6 Å². The summed E-state index contributed by atoms with van der Waals surface area (Å²) in [4.78, 5) is 0. The molecule has 0 aliphatic carbocycles. The lowest BCUT2D eigenvalue weighted by Crippen LogP contribution is -1.93. The van der Waals surface area contributed by atoms with Gasteiger partial charge in [-0.2, -0.15) is 0 Å². The molecular formula is C11H9ClF2. The van der Waals surface area contributed by atoms with Crippen LogP contribution >= 0.6 is 11.6 Å². The summed E-state index contributed by atoms with van der Waals surface area (Å²) in [5.41, 5.74) is 0.219. The van der Waals surface area contributed by atoms with Gasteiger partial charge in [0.1, 0.15) is 11.6 Å². The van der Waals surface area contributed by atoms with Gasteiger partial charge in [0.2, 0.25) is 0 Å². The van der Waals surface area contributed by atoms with Gasteiger partial charge in [0.05, 0.1) is 5.56 Å². The predicted octanol–water partition coefficient (Wildman–Crippen LogP) is 3.25. The number of rotatable bonds is 1. The summed E-state index contributed by atoms with van der Waals surface area (Å²) in [6.45, 7) is 1.57. The van der Waals surface area contributed by atoms with E-state index >= 15 is 0 Å². The Morgan fingerprint density at radius 1 is 1.36 bits per heavy atom. The minimum absolute atomic E-state index is 0.171. The van der Waals surface area contributed by atoms with Crippen molar-refractivity contribution in [3.8, 4) is 11.8 Å². The molecule has 0 nitrogen and oxygen atoms in total. The lowest BCUT2D eigenvalue weighted by Gasteiger charge is -1.99. The van der Waals surface area contributed by atoms with Crippen molar-refractivity contribution in [1.29, 1.82) is 0 Å². The van der Waals surface area contributed by atoms with Crippen LogP contribution in [0.1, 0.15) is 17.5 Å². The molecule has 74 valence electrons. The van der Waals surface area contributed by atoms with E-state index in [1.807, 2.05) is 0 Å². The van der Waals surface area contributed by atoms with Crippen molar-refractivity contribution in [1.82, 2.24) is 0 Å². The Morgan fingerprint density at radius 3 is 2.71 bits per heavy atom. The van der Waals surface area contributed by atoms with E-state index in [-0.39, 0.29) is 5.56 Å². The van der Waals surface area contributed by atoms with Gasteiger partial charge >= 0.3 is 0 Å². The fraction of sp³-hybridized carbons (Fsp3) is 0.273. The molecule has 0 aliphatic heterocycles. The second-order valence-corrected chi connectivity index (χ2v) is 3.17. The fourth-order valence-electron chi connectivity index (χ4n) is 0.969. The highest BCUT2D eigenvalue weighted by Gasteiger charge is 2.08. The maximum atomic E-state index is 13.3. The molecule has 0 amide bonds. The highest BCUT2D eigenvalue weighted by molar-refractivity contribution is 6.18. The molecule has 0 saturated heterocycles. The molecule has 1 rings (SSSR count). The minimum Gasteiger partial charge on any atom is -0.206 e. The summed E-state index contributed by atoms with van der Waals surface area (Å²) in [5.74, 6) is 4.18. The Bertz CT molecular complexity index is 388. The summed E-state index contributed by atoms with van der Waals surface area (Å²) in [7, 11) is 0. The van der Waals surface area contributed by atoms with Gasteiger partial charge < -0.3 is 0 Å². The zero-order valence-electron chi connectivity index (χ0n) is 7.70. The zero-order valence-corrected chi connectivity index (χ0v) is 8.46. The summed E-state index contributed by atoms with van der Waals surface area (Å²) < 4.78 is 26.4. The number of hydrogen-bond donors (Lipinski definition) is 0. The molecule has 0 bridgehead atoms. The Balaban J connectivity index is 3.08. The molecule has 0 spiro atoms. The number of benzene rings is 1. The third-order valence-electron chi connectivity index (χ3n) is 1.72. The highest BCUT2D eigenvalue weighted by atomic mass is 35.5. The van der Waals surface area contributed by atoms with Crippen molar-refractivity contribution in [2.24, 2.45) is 0 Å². The van der Waals surface area contributed by atoms with E-state index in [4.69, 9.17) is 11.6 Å². The fourth-order valence-corrected chi connectivity index (χ4v) is 1.06. The average Bonchev–Trinajstić information content (AvgIpc) is 2.18. The van der Waals surface area contributed by atoms with Crippen LogP contribution in [0.25, 0.3) is 0 Å². The summed E-state index contributed by atoms with van der Waals surface area (Å²) in [6, 6.07) is 2.60. The Hall–Kier alpha value is -1.07. The number of alkyl halides is 1. The summed E-state index contributed by atoms with van der Waals surface area (Å²) in [5, 5.41) is 0. The third kappa shape index (κ3) is 2.46. The van der Waals surface area contributed by atoms with E-state index in [0.717, 1.165) is 0 Å². The first-order chi connectivity index (χ1) is 6.66. The number of aryl methyl sites for hydroxylation is 1. The molecule has 14 heavy (non-hydrogen) atoms. The van der Waals surface area contributed by atoms with Crippen LogP contribution in [0.5, 0.6) is 0 Å². The normalized spacial score (nSPS) is 9.43. The van der Waals surface area contributed by atoms with Crippen LogP contribution in [0.3, 0.4) is 0 Å². The predicted molar refractivity (Wildman–Crippen MR) is 53.3 cm³/mol. The monoisotopic (exact) mass is 214 g/mol. The van der Waals surface area contributed by atoms with Crippen molar-refractivity contribution in [3.05, 3.63) is 34.9 Å². The highest BCUT2D eigenvalue weighted by Crippen LogP contribution is 2.14. The molecule has 3 heteroatoms. The van der Waals surface area contributed by atoms with Crippen molar-refractivity contribution in [2.75, 3.05) is 5.88 Å². The molecule has 0 unspecified atom stereocenters. The number of halogens is 3. The Kier molecular flexibility index (Phi) is 3.91. The molecule has 1 aromatic rings. The summed E-state index contributed by atoms with van der Waals surface area (Å²) in [6.07, 6.45) is 0.425. The number of hydrogen-bond acceptors (Lipinski definition) is 0. The quantitative estimate of drug-likeness (QED) is 0.497. The van der Waals surface area contributed by atoms with Crippen LogP contribution in [0.4, 0.5) is 8.78 Å². The standard InChI is InChI=1S/C11H9ClF2/c1-8-5-6-10(13)9(11(8)14)4-2-3-7-12/h5-6H,3,7H2,1H3. The second kappa shape index (κ2) is 4.97. The van der Waals surface area contributed by atoms with E-state index in [0.29, 0.717) is 17.9 Å². The minimum atomic E-state index is -0.629. The lowest BCUT2D eigenvalue weighted by atomic mass is 10.1. The molecular weight excluding hydrogens is 206 g/mol. The maximum absolute atomic E-state index is 13.3. The van der Waals surface area contributed by atoms with Gasteiger partial charge in [-0.05, 0) is 18.6 Å². The molecule has 0 N–H and O–H groups in total. The third-order valence-corrected chi connectivity index (χ3v) is 1.91. The molecule has 0 saturated carbocycles. The van der Waals surface area contributed by atoms with Crippen LogP contribution in [0, 0.1) is 30.4 Å². The maximum Gasteiger partial charge on any atom is 0.144 e. The van der Waals surface area contributed by atoms with Crippen molar-refractivity contribution in [3.63, 3.8) is 0 Å². The zero-order chi connectivity index (χ0) is 10.6. The molecule has 1 aromatic carbocycles. The molecule has 0 aliphatic rings. The van der Waals surface area contributed by atoms with Crippen LogP contribution in [-0.2, 0) is 0 Å². The van der Waals surface area contributed by atoms with Crippen LogP contribution in [-0.4, -0.2) is 5.88 Å². The lowest BCUT2D eigenvalue weighted by molar-refractivity contribution is 0.571. The van der Waals surface area contributed by atoms with Gasteiger partial charge in [-0.1, -0.05) is 17.9 Å². The smallest absolute Gasteiger partial charge is 0.144 e. The van der Waals surface area contributed by atoms with Gasteiger partial charge in [0, 0.05) is 12.3 Å². The molecule has 0 fully saturated rings. The first-order valence-corrected chi connectivity index (χ1v) is 4.69. The van der Waals surface area contributed by atoms with Gasteiger partial charge in [0.25, 0.3) is 0 Å². The SMILES string of the molecule is Cc1ccc(F)c(C#CCCCl)c1F. The second-order valence-electron chi connectivity index (χ2n) is 2.79. The first kappa shape index (κ1) is 11.0. The van der Waals surface area contributed by atoms with Crippen LogP contribution in [0.15, 0.2) is 12.1 Å². The van der Waals surface area contributed by atoms with Gasteiger partial charge in [0.15, 0.2) is 0 Å². The van der Waals surface area contributed by atoms with Crippen molar-refractivity contribution >= 4 is 11.6 Å². The topological polar surface area (TPSA) is 0 Å². The first-order valence-electron chi connectivity index (χ1n) is 4.16. The van der Waals surface area contributed by atoms with E-state index in [2.05, 4.69) is 11.8 Å². The van der Waals surface area contributed by atoms with E-state index < -0.39 is 11.6 Å². The summed E-state index contributed by atoms with van der Waals surface area (Å²) >= 11 is 5.39. The van der Waals surface area contributed by atoms with E-state index in [1.54, 1.807) is 6.92 Å². The molecule has 0 atom stereocenters. The molecule has 0 radical (unpaired) electrons. The Labute approximate surface area is 86.9 Å². The van der Waals surface area contributed by atoms with Crippen molar-refractivity contribution in [2.45, 2.75) is 13.3 Å². The van der Waals surface area contributed by atoms with Crippen LogP contribution < -0.4 is 0 Å². The van der Waals surface area contributed by atoms with Crippen LogP contribution in [0.2, 0.25) is 0 Å². The average molecular weight is 215 g/mol. The largest absolute Gasteiger partial charge is 0.206 e. The Morgan fingerprint density at radius 2 is 2.07 bits per heavy atom. The van der Waals surface area contributed by atoms with Gasteiger partial charge in [-0.25, -0.2) is 8.78 Å². The van der Waals surface area contributed by atoms with E-state index in [9.17, 15) is 8.78 Å². The molecule has 0 aromatic heterocycles. The van der Waals surface area contributed by atoms with Crippen molar-refractivity contribution < 1.29 is 8.78 Å². The van der Waals surface area contributed by atoms with E-state index in [1.165, 1.54) is 12.1 Å². The molecule has 0 heterocycles.